The average Bonchev–Trinajstić information content (AvgIpc) is 3.71. The highest BCUT2D eigenvalue weighted by atomic mass is 15.0. The Morgan fingerprint density at radius 1 is 0.442 bits per heavy atom. The van der Waals surface area contributed by atoms with Crippen molar-refractivity contribution in [3.05, 3.63) is 191 Å². The minimum absolute atomic E-state index is 1.04. The van der Waals surface area contributed by atoms with Gasteiger partial charge in [0.05, 0.1) is 16.6 Å². The maximum Gasteiger partial charge on any atom is 0.0541 e. The molecule has 2 heteroatoms. The summed E-state index contributed by atoms with van der Waals surface area (Å²) in [6.07, 6.45) is 9.31. The second-order valence-electron chi connectivity index (χ2n) is 14.5. The molecular weight excluding hydrogens is 629 g/mol. The second-order valence-corrected chi connectivity index (χ2v) is 14.5. The summed E-state index contributed by atoms with van der Waals surface area (Å²) in [5, 5.41) is 3.91. The monoisotopic (exact) mass is 668 g/mol. The number of para-hydroxylation sites is 4. The van der Waals surface area contributed by atoms with Gasteiger partial charge in [0.1, 0.15) is 0 Å². The molecule has 2 nitrogen and oxygen atoms in total. The van der Waals surface area contributed by atoms with Crippen LogP contribution in [0, 0.1) is 6.92 Å². The highest BCUT2D eigenvalue weighted by Crippen LogP contribution is 2.42. The first-order valence-electron chi connectivity index (χ1n) is 18.6. The predicted octanol–water partition coefficient (Wildman–Crippen LogP) is 13.2. The van der Waals surface area contributed by atoms with Gasteiger partial charge in [0.25, 0.3) is 0 Å². The van der Waals surface area contributed by atoms with Gasteiger partial charge in [0.15, 0.2) is 0 Å². The zero-order valence-electron chi connectivity index (χ0n) is 29.7. The molecule has 0 aliphatic heterocycles. The normalized spacial score (nSPS) is 14.6. The molecule has 0 amide bonds. The summed E-state index contributed by atoms with van der Waals surface area (Å²) in [6, 6.07) is 53.3. The Hall–Kier alpha value is -6.12. The summed E-state index contributed by atoms with van der Waals surface area (Å²) in [5.74, 6) is 0. The molecule has 2 aliphatic rings. The van der Waals surface area contributed by atoms with Crippen molar-refractivity contribution >= 4 is 44.4 Å². The van der Waals surface area contributed by atoms with Crippen molar-refractivity contribution < 1.29 is 0 Å². The van der Waals surface area contributed by atoms with Gasteiger partial charge in [-0.05, 0) is 139 Å². The topological polar surface area (TPSA) is 9.86 Å². The SMILES string of the molecule is CC1=C(c2cc(-c3ccc4c(c3)c3ccccc3n4-c3ccccc3)ccc2C)C=C(C2=Cc3c(n(-c4ccccc4)c4ccccc34)CC2)CC1. The second kappa shape index (κ2) is 12.3. The molecule has 0 spiro atoms. The van der Waals surface area contributed by atoms with Crippen LogP contribution in [0.1, 0.15) is 48.6 Å². The highest BCUT2D eigenvalue weighted by Gasteiger charge is 2.24. The predicted molar refractivity (Wildman–Crippen MR) is 220 cm³/mol. The number of allylic oxidation sites excluding steroid dienone is 5. The molecule has 0 unspecified atom stereocenters. The van der Waals surface area contributed by atoms with Crippen LogP contribution in [-0.4, -0.2) is 9.13 Å². The van der Waals surface area contributed by atoms with Gasteiger partial charge in [0.2, 0.25) is 0 Å². The smallest absolute Gasteiger partial charge is 0.0541 e. The zero-order valence-corrected chi connectivity index (χ0v) is 29.7. The van der Waals surface area contributed by atoms with Gasteiger partial charge in [-0.3, -0.25) is 0 Å². The van der Waals surface area contributed by atoms with Crippen molar-refractivity contribution in [1.82, 2.24) is 9.13 Å². The Balaban J connectivity index is 1.05. The minimum atomic E-state index is 1.04. The molecule has 0 saturated heterocycles. The highest BCUT2D eigenvalue weighted by molar-refractivity contribution is 6.10. The van der Waals surface area contributed by atoms with E-state index in [1.165, 1.54) is 99.9 Å². The Kier molecular flexibility index (Phi) is 7.25. The van der Waals surface area contributed by atoms with E-state index < -0.39 is 0 Å². The number of hydrogen-bond acceptors (Lipinski definition) is 0. The van der Waals surface area contributed by atoms with Crippen molar-refractivity contribution in [2.45, 2.75) is 39.5 Å². The maximum atomic E-state index is 2.52. The van der Waals surface area contributed by atoms with Gasteiger partial charge >= 0.3 is 0 Å². The van der Waals surface area contributed by atoms with E-state index in [1.807, 2.05) is 0 Å². The molecule has 8 aromatic rings. The number of fused-ring (bicyclic) bond motifs is 6. The number of hydrogen-bond donors (Lipinski definition) is 0. The first kappa shape index (κ1) is 30.7. The van der Waals surface area contributed by atoms with E-state index in [9.17, 15) is 0 Å². The van der Waals surface area contributed by atoms with Crippen LogP contribution in [-0.2, 0) is 6.42 Å². The number of aryl methyl sites for hydroxylation is 1. The van der Waals surface area contributed by atoms with Crippen LogP contribution >= 0.6 is 0 Å². The molecule has 6 aromatic carbocycles. The van der Waals surface area contributed by atoms with Gasteiger partial charge < -0.3 is 9.13 Å². The third-order valence-corrected chi connectivity index (χ3v) is 11.5. The lowest BCUT2D eigenvalue weighted by Crippen LogP contribution is -2.08. The van der Waals surface area contributed by atoms with Crippen molar-refractivity contribution in [3.8, 4) is 22.5 Å². The van der Waals surface area contributed by atoms with Gasteiger partial charge in [-0.25, -0.2) is 0 Å². The lowest BCUT2D eigenvalue weighted by Gasteiger charge is -2.24. The van der Waals surface area contributed by atoms with E-state index >= 15 is 0 Å². The molecular formula is C50H40N2. The van der Waals surface area contributed by atoms with Crippen LogP contribution in [0.25, 0.3) is 66.9 Å². The van der Waals surface area contributed by atoms with Crippen molar-refractivity contribution in [2.75, 3.05) is 0 Å². The lowest BCUT2D eigenvalue weighted by molar-refractivity contribution is 0.831. The van der Waals surface area contributed by atoms with E-state index in [2.05, 4.69) is 181 Å². The van der Waals surface area contributed by atoms with Gasteiger partial charge in [0, 0.05) is 38.8 Å². The molecule has 10 rings (SSSR count). The number of nitrogens with zero attached hydrogens (tertiary/aromatic N) is 2. The molecule has 0 radical (unpaired) electrons. The van der Waals surface area contributed by atoms with E-state index in [-0.39, 0.29) is 0 Å². The summed E-state index contributed by atoms with van der Waals surface area (Å²) in [5.41, 5.74) is 20.0. The van der Waals surface area contributed by atoms with Crippen LogP contribution in [0.3, 0.4) is 0 Å². The molecule has 2 aliphatic carbocycles. The fourth-order valence-corrected chi connectivity index (χ4v) is 8.84. The summed E-state index contributed by atoms with van der Waals surface area (Å²) >= 11 is 0. The van der Waals surface area contributed by atoms with Gasteiger partial charge in [-0.2, -0.15) is 0 Å². The van der Waals surface area contributed by atoms with E-state index in [0.29, 0.717) is 0 Å². The summed E-state index contributed by atoms with van der Waals surface area (Å²) in [4.78, 5) is 0. The molecule has 2 aromatic heterocycles. The quantitative estimate of drug-likeness (QED) is 0.173. The third-order valence-electron chi connectivity index (χ3n) is 11.5. The van der Waals surface area contributed by atoms with Crippen molar-refractivity contribution in [3.63, 3.8) is 0 Å². The van der Waals surface area contributed by atoms with Crippen LogP contribution in [0.4, 0.5) is 0 Å². The third kappa shape index (κ3) is 4.93. The van der Waals surface area contributed by atoms with Gasteiger partial charge in [-0.1, -0.05) is 103 Å². The largest absolute Gasteiger partial charge is 0.313 e. The van der Waals surface area contributed by atoms with Crippen molar-refractivity contribution in [1.29, 1.82) is 0 Å². The first-order chi connectivity index (χ1) is 25.6. The molecule has 0 saturated carbocycles. The fraction of sp³-hybridized carbons (Fsp3) is 0.120. The molecule has 0 atom stereocenters. The van der Waals surface area contributed by atoms with Crippen LogP contribution in [0.15, 0.2) is 168 Å². The molecule has 0 bridgehead atoms. The summed E-state index contributed by atoms with van der Waals surface area (Å²) in [6.45, 7) is 4.60. The Morgan fingerprint density at radius 3 is 1.79 bits per heavy atom. The van der Waals surface area contributed by atoms with Crippen LogP contribution in [0.5, 0.6) is 0 Å². The average molecular weight is 669 g/mol. The van der Waals surface area contributed by atoms with Crippen LogP contribution < -0.4 is 0 Å². The Bertz CT molecular complexity index is 2780. The standard InChI is InChI=1S/C50H40N2/c1-33-21-23-35(37-25-27-49-45(31-37)41-17-9-11-19-47(41)51(49)39-13-5-3-6-14-39)29-43(33)44-30-36(24-22-34(44)2)38-26-28-50-46(32-38)42-18-10-12-20-48(42)52(50)40-15-7-4-8-16-40/h3-21,23,25,27,29-32H,22,24,26,28H2,1-2H3. The summed E-state index contributed by atoms with van der Waals surface area (Å²) in [7, 11) is 0. The fourth-order valence-electron chi connectivity index (χ4n) is 8.84. The lowest BCUT2D eigenvalue weighted by atomic mass is 9.81. The van der Waals surface area contributed by atoms with E-state index in [0.717, 1.165) is 25.7 Å². The number of benzene rings is 6. The minimum Gasteiger partial charge on any atom is -0.313 e. The zero-order chi connectivity index (χ0) is 34.8. The number of rotatable bonds is 5. The number of aromatic nitrogens is 2. The molecule has 0 N–H and O–H groups in total. The molecule has 2 heterocycles. The Labute approximate surface area is 305 Å². The van der Waals surface area contributed by atoms with E-state index in [4.69, 9.17) is 0 Å². The van der Waals surface area contributed by atoms with Crippen molar-refractivity contribution in [2.24, 2.45) is 0 Å². The Morgan fingerprint density at radius 2 is 1.02 bits per heavy atom. The molecule has 250 valence electrons. The summed E-state index contributed by atoms with van der Waals surface area (Å²) < 4.78 is 4.87. The first-order valence-corrected chi connectivity index (χ1v) is 18.6. The maximum absolute atomic E-state index is 2.52. The van der Waals surface area contributed by atoms with E-state index in [1.54, 1.807) is 0 Å². The molecule has 52 heavy (non-hydrogen) atoms. The molecule has 0 fully saturated rings. The van der Waals surface area contributed by atoms with Crippen LogP contribution in [0.2, 0.25) is 0 Å². The van der Waals surface area contributed by atoms with Gasteiger partial charge in [-0.15, -0.1) is 0 Å².